The van der Waals surface area contributed by atoms with Crippen molar-refractivity contribution < 1.29 is 0 Å². The van der Waals surface area contributed by atoms with Crippen LogP contribution in [0.2, 0.25) is 0 Å². The fraction of sp³-hybridized carbons (Fsp3) is 0.238. The molecule has 0 aromatic heterocycles. The molecule has 0 saturated carbocycles. The Kier molecular flexibility index (Phi) is 6.44. The van der Waals surface area contributed by atoms with Gasteiger partial charge in [-0.3, -0.25) is 0 Å². The van der Waals surface area contributed by atoms with E-state index in [1.165, 1.54) is 127 Å². The Morgan fingerprint density at radius 3 is 1.24 bits per heavy atom. The molecular formula is C42H38. The largest absolute Gasteiger partial charge is 0.0654 e. The molecule has 0 amide bonds. The Bertz CT molecular complexity index is 1980. The molecule has 0 atom stereocenters. The molecule has 0 saturated heterocycles. The number of benzene rings is 8. The third-order valence-corrected chi connectivity index (χ3v) is 9.97. The van der Waals surface area contributed by atoms with Crippen LogP contribution in [0.1, 0.15) is 75.3 Å². The first-order valence-electron chi connectivity index (χ1n) is 16.1. The lowest BCUT2D eigenvalue weighted by atomic mass is 9.79. The Morgan fingerprint density at radius 1 is 0.381 bits per heavy atom. The first-order chi connectivity index (χ1) is 20.8. The second kappa shape index (κ2) is 10.6. The summed E-state index contributed by atoms with van der Waals surface area (Å²) in [4.78, 5) is 0. The minimum atomic E-state index is 0.356. The van der Waals surface area contributed by atoms with E-state index in [2.05, 4.69) is 116 Å². The fourth-order valence-corrected chi connectivity index (χ4v) is 7.91. The van der Waals surface area contributed by atoms with E-state index in [0.29, 0.717) is 5.92 Å². The maximum Gasteiger partial charge on any atom is 0.0102 e. The molecule has 8 rings (SSSR count). The summed E-state index contributed by atoms with van der Waals surface area (Å²) in [6.07, 6.45) is 10.5. The van der Waals surface area contributed by atoms with E-state index in [9.17, 15) is 0 Å². The van der Waals surface area contributed by atoms with Crippen LogP contribution in [0, 0.1) is 0 Å². The quantitative estimate of drug-likeness (QED) is 0.119. The van der Waals surface area contributed by atoms with Crippen LogP contribution in [0.25, 0.3) is 64.6 Å². The molecule has 0 heteroatoms. The van der Waals surface area contributed by atoms with Crippen LogP contribution in [0.5, 0.6) is 0 Å². The summed E-state index contributed by atoms with van der Waals surface area (Å²) >= 11 is 0. The molecule has 0 aliphatic carbocycles. The van der Waals surface area contributed by atoms with Crippen LogP contribution in [0.15, 0.2) is 109 Å². The second-order valence-corrected chi connectivity index (χ2v) is 12.5. The molecule has 0 unspecified atom stereocenters. The minimum absolute atomic E-state index is 0.356. The standard InChI is InChI=1S/C42H38/c1-2-3-4-5-6-7-8-15-34(35-24-20-32-18-16-28-11-9-13-30-22-26-37(35)41(32)39(28)30)36-25-21-33-19-17-29-12-10-14-31-23-27-38(36)42(33)40(29)31/h9-14,16-27,34H,2-8,15H2,1H3. The molecule has 0 nitrogen and oxygen atoms in total. The van der Waals surface area contributed by atoms with Crippen molar-refractivity contribution in [3.8, 4) is 0 Å². The van der Waals surface area contributed by atoms with Crippen molar-refractivity contribution in [3.05, 3.63) is 120 Å². The van der Waals surface area contributed by atoms with Gasteiger partial charge in [-0.05, 0) is 82.2 Å². The van der Waals surface area contributed by atoms with E-state index >= 15 is 0 Å². The van der Waals surface area contributed by atoms with Crippen molar-refractivity contribution in [3.63, 3.8) is 0 Å². The lowest BCUT2D eigenvalue weighted by Crippen LogP contribution is -2.04. The van der Waals surface area contributed by atoms with Gasteiger partial charge in [0.2, 0.25) is 0 Å². The third-order valence-electron chi connectivity index (χ3n) is 9.97. The molecule has 0 bridgehead atoms. The van der Waals surface area contributed by atoms with Crippen LogP contribution < -0.4 is 0 Å². The SMILES string of the molecule is CCCCCCCCCC(c1ccc2ccc3cccc4ccc1c2c34)c1ccc2ccc3cccc4ccc1c2c34. The van der Waals surface area contributed by atoms with Crippen molar-refractivity contribution in [2.75, 3.05) is 0 Å². The Labute approximate surface area is 248 Å². The number of rotatable bonds is 10. The second-order valence-electron chi connectivity index (χ2n) is 12.5. The summed E-state index contributed by atoms with van der Waals surface area (Å²) < 4.78 is 0. The fourth-order valence-electron chi connectivity index (χ4n) is 7.91. The first kappa shape index (κ1) is 25.5. The Balaban J connectivity index is 1.31. The third kappa shape index (κ3) is 4.11. The summed E-state index contributed by atoms with van der Waals surface area (Å²) in [6.45, 7) is 2.30. The zero-order valence-corrected chi connectivity index (χ0v) is 24.6. The highest BCUT2D eigenvalue weighted by Crippen LogP contribution is 2.44. The molecule has 0 aliphatic rings. The predicted molar refractivity (Wildman–Crippen MR) is 185 cm³/mol. The van der Waals surface area contributed by atoms with E-state index in [1.54, 1.807) is 0 Å². The van der Waals surface area contributed by atoms with Crippen molar-refractivity contribution in [2.24, 2.45) is 0 Å². The molecule has 0 aliphatic heterocycles. The predicted octanol–water partition coefficient (Wildman–Crippen LogP) is 12.8. The van der Waals surface area contributed by atoms with Gasteiger partial charge in [0.1, 0.15) is 0 Å². The van der Waals surface area contributed by atoms with E-state index in [1.807, 2.05) is 0 Å². The molecule has 0 fully saturated rings. The Morgan fingerprint density at radius 2 is 0.762 bits per heavy atom. The molecule has 8 aromatic carbocycles. The molecule has 0 radical (unpaired) electrons. The van der Waals surface area contributed by atoms with Crippen LogP contribution in [-0.2, 0) is 0 Å². The zero-order valence-electron chi connectivity index (χ0n) is 24.6. The van der Waals surface area contributed by atoms with E-state index in [4.69, 9.17) is 0 Å². The van der Waals surface area contributed by atoms with Gasteiger partial charge in [-0.15, -0.1) is 0 Å². The van der Waals surface area contributed by atoms with Gasteiger partial charge in [-0.2, -0.15) is 0 Å². The summed E-state index contributed by atoms with van der Waals surface area (Å²) in [5.74, 6) is 0.356. The van der Waals surface area contributed by atoms with Crippen molar-refractivity contribution >= 4 is 64.6 Å². The molecule has 0 N–H and O–H groups in total. The van der Waals surface area contributed by atoms with Gasteiger partial charge in [0.15, 0.2) is 0 Å². The highest BCUT2D eigenvalue weighted by Gasteiger charge is 2.22. The monoisotopic (exact) mass is 542 g/mol. The van der Waals surface area contributed by atoms with Gasteiger partial charge in [-0.25, -0.2) is 0 Å². The number of hydrogen-bond donors (Lipinski definition) is 0. The zero-order chi connectivity index (χ0) is 28.0. The molecule has 206 valence electrons. The molecular weight excluding hydrogens is 504 g/mol. The maximum atomic E-state index is 2.45. The lowest BCUT2D eigenvalue weighted by molar-refractivity contribution is 0.560. The highest BCUT2D eigenvalue weighted by atomic mass is 14.3. The van der Waals surface area contributed by atoms with Crippen LogP contribution in [-0.4, -0.2) is 0 Å². The van der Waals surface area contributed by atoms with Gasteiger partial charge >= 0.3 is 0 Å². The van der Waals surface area contributed by atoms with Crippen molar-refractivity contribution in [2.45, 2.75) is 64.2 Å². The van der Waals surface area contributed by atoms with Gasteiger partial charge in [0.25, 0.3) is 0 Å². The molecule has 8 aromatic rings. The van der Waals surface area contributed by atoms with E-state index < -0.39 is 0 Å². The summed E-state index contributed by atoms with van der Waals surface area (Å²) in [6, 6.07) is 41.9. The van der Waals surface area contributed by atoms with E-state index in [0.717, 1.165) is 0 Å². The normalized spacial score (nSPS) is 12.4. The van der Waals surface area contributed by atoms with Crippen LogP contribution >= 0.6 is 0 Å². The molecule has 42 heavy (non-hydrogen) atoms. The van der Waals surface area contributed by atoms with Crippen molar-refractivity contribution in [1.29, 1.82) is 0 Å². The lowest BCUT2D eigenvalue weighted by Gasteiger charge is -2.24. The smallest absolute Gasteiger partial charge is 0.0102 e. The van der Waals surface area contributed by atoms with Gasteiger partial charge in [-0.1, -0.05) is 161 Å². The van der Waals surface area contributed by atoms with E-state index in [-0.39, 0.29) is 0 Å². The van der Waals surface area contributed by atoms with Gasteiger partial charge in [0.05, 0.1) is 0 Å². The summed E-state index contributed by atoms with van der Waals surface area (Å²) in [5.41, 5.74) is 2.98. The number of hydrogen-bond acceptors (Lipinski definition) is 0. The average Bonchev–Trinajstić information content (AvgIpc) is 3.04. The maximum absolute atomic E-state index is 2.45. The number of unbranched alkanes of at least 4 members (excludes halogenated alkanes) is 6. The van der Waals surface area contributed by atoms with Crippen LogP contribution in [0.4, 0.5) is 0 Å². The van der Waals surface area contributed by atoms with Gasteiger partial charge in [0, 0.05) is 5.92 Å². The summed E-state index contributed by atoms with van der Waals surface area (Å²) in [7, 11) is 0. The average molecular weight is 543 g/mol. The Hall–Kier alpha value is -4.16. The highest BCUT2D eigenvalue weighted by molar-refractivity contribution is 6.25. The summed E-state index contributed by atoms with van der Waals surface area (Å²) in [5, 5.41) is 16.6. The topological polar surface area (TPSA) is 0 Å². The minimum Gasteiger partial charge on any atom is -0.0654 e. The molecule has 0 spiro atoms. The van der Waals surface area contributed by atoms with Gasteiger partial charge < -0.3 is 0 Å². The van der Waals surface area contributed by atoms with Crippen LogP contribution in [0.3, 0.4) is 0 Å². The molecule has 0 heterocycles. The first-order valence-corrected chi connectivity index (χ1v) is 16.1. The van der Waals surface area contributed by atoms with Crippen molar-refractivity contribution in [1.82, 2.24) is 0 Å².